The molecule has 1 aromatic rings. The van der Waals surface area contributed by atoms with Crippen LogP contribution in [-0.4, -0.2) is 17.0 Å². The summed E-state index contributed by atoms with van der Waals surface area (Å²) in [6.45, 7) is 11.6. The monoisotopic (exact) mass is 291 g/mol. The maximum Gasteiger partial charge on any atom is 0.0456 e. The minimum atomic E-state index is 0.346. The highest BCUT2D eigenvalue weighted by molar-refractivity contribution is 6.31. The fourth-order valence-electron chi connectivity index (χ4n) is 3.98. The van der Waals surface area contributed by atoms with Gasteiger partial charge >= 0.3 is 0 Å². The van der Waals surface area contributed by atoms with Crippen molar-refractivity contribution in [2.45, 2.75) is 65.6 Å². The van der Waals surface area contributed by atoms with Crippen LogP contribution in [0.4, 0.5) is 0 Å². The number of halogens is 1. The molecule has 1 heterocycles. The van der Waals surface area contributed by atoms with Gasteiger partial charge in [-0.15, -0.1) is 0 Å². The first-order chi connectivity index (χ1) is 9.29. The molecule has 0 bridgehead atoms. The maximum absolute atomic E-state index is 6.50. The van der Waals surface area contributed by atoms with E-state index in [1.807, 2.05) is 0 Å². The fraction of sp³-hybridized carbons (Fsp3) is 0.667. The number of benzene rings is 1. The highest BCUT2D eigenvalue weighted by Gasteiger charge is 2.56. The van der Waals surface area contributed by atoms with Crippen LogP contribution < -0.4 is 0 Å². The molecular weight excluding hydrogens is 266 g/mol. The number of nitrogens with zero attached hydrogens (tertiary/aromatic N) is 1. The Kier molecular flexibility index (Phi) is 3.42. The third-order valence-corrected chi connectivity index (χ3v) is 5.53. The standard InChI is InChI=1S/C18H26ClN/c1-11-6-7-14(15(19)8-11)12(2)20-16-9-13(16)10-17(20)18(3,4)5/h6-8,12-13,16-17H,9-10H2,1-5H3/t12?,13-,16-,17-/m0/s1. The summed E-state index contributed by atoms with van der Waals surface area (Å²) in [6, 6.07) is 8.40. The summed E-state index contributed by atoms with van der Waals surface area (Å²) in [4.78, 5) is 2.75. The first-order valence-electron chi connectivity index (χ1n) is 7.82. The summed E-state index contributed by atoms with van der Waals surface area (Å²) in [5, 5.41) is 0.925. The van der Waals surface area contributed by atoms with Crippen molar-refractivity contribution in [1.82, 2.24) is 4.90 Å². The molecular formula is C18H26ClN. The second-order valence-electron chi connectivity index (χ2n) is 7.83. The van der Waals surface area contributed by atoms with Crippen molar-refractivity contribution < 1.29 is 0 Å². The zero-order valence-corrected chi connectivity index (χ0v) is 14.0. The van der Waals surface area contributed by atoms with E-state index in [-0.39, 0.29) is 0 Å². The topological polar surface area (TPSA) is 3.24 Å². The lowest BCUT2D eigenvalue weighted by Crippen LogP contribution is -2.43. The highest BCUT2D eigenvalue weighted by atomic mass is 35.5. The zero-order valence-electron chi connectivity index (χ0n) is 13.3. The summed E-state index contributed by atoms with van der Waals surface area (Å²) < 4.78 is 0. The van der Waals surface area contributed by atoms with Gasteiger partial charge in [0, 0.05) is 23.1 Å². The Bertz CT molecular complexity index is 517. The normalized spacial score (nSPS) is 31.2. The van der Waals surface area contributed by atoms with Gasteiger partial charge in [-0.1, -0.05) is 44.5 Å². The van der Waals surface area contributed by atoms with Crippen LogP contribution in [0.15, 0.2) is 18.2 Å². The molecule has 1 aliphatic carbocycles. The Morgan fingerprint density at radius 1 is 1.25 bits per heavy atom. The van der Waals surface area contributed by atoms with Crippen molar-refractivity contribution in [3.8, 4) is 0 Å². The number of aryl methyl sites for hydroxylation is 1. The molecule has 4 atom stereocenters. The van der Waals surface area contributed by atoms with Crippen molar-refractivity contribution in [3.63, 3.8) is 0 Å². The van der Waals surface area contributed by atoms with E-state index in [2.05, 4.69) is 57.7 Å². The molecule has 2 heteroatoms. The van der Waals surface area contributed by atoms with Gasteiger partial charge in [0.05, 0.1) is 0 Å². The van der Waals surface area contributed by atoms with Crippen LogP contribution in [0.1, 0.15) is 57.7 Å². The van der Waals surface area contributed by atoms with Gasteiger partial charge in [-0.2, -0.15) is 0 Å². The quantitative estimate of drug-likeness (QED) is 0.722. The lowest BCUT2D eigenvalue weighted by Gasteiger charge is -2.41. The van der Waals surface area contributed by atoms with Crippen LogP contribution in [-0.2, 0) is 0 Å². The van der Waals surface area contributed by atoms with Crippen LogP contribution in [0.5, 0.6) is 0 Å². The van der Waals surface area contributed by atoms with Crippen molar-refractivity contribution in [2.24, 2.45) is 11.3 Å². The summed E-state index contributed by atoms with van der Waals surface area (Å²) in [5.74, 6) is 0.936. The number of likely N-dealkylation sites (tertiary alicyclic amines) is 1. The van der Waals surface area contributed by atoms with E-state index in [4.69, 9.17) is 11.6 Å². The number of hydrogen-bond donors (Lipinski definition) is 0. The zero-order chi connectivity index (χ0) is 14.7. The molecule has 2 fully saturated rings. The van der Waals surface area contributed by atoms with Crippen LogP contribution >= 0.6 is 11.6 Å². The lowest BCUT2D eigenvalue weighted by atomic mass is 9.83. The minimum Gasteiger partial charge on any atom is -0.290 e. The molecule has 1 aromatic carbocycles. The molecule has 1 saturated carbocycles. The smallest absolute Gasteiger partial charge is 0.0456 e. The number of hydrogen-bond acceptors (Lipinski definition) is 1. The summed E-state index contributed by atoms with van der Waals surface area (Å²) >= 11 is 6.50. The van der Waals surface area contributed by atoms with Crippen LogP contribution in [0, 0.1) is 18.3 Å². The van der Waals surface area contributed by atoms with Crippen molar-refractivity contribution >= 4 is 11.6 Å². The number of rotatable bonds is 2. The first kappa shape index (κ1) is 14.4. The van der Waals surface area contributed by atoms with E-state index >= 15 is 0 Å². The van der Waals surface area contributed by atoms with Gasteiger partial charge in [-0.3, -0.25) is 4.90 Å². The molecule has 0 amide bonds. The maximum atomic E-state index is 6.50. The minimum absolute atomic E-state index is 0.346. The summed E-state index contributed by atoms with van der Waals surface area (Å²) in [5.41, 5.74) is 2.88. The van der Waals surface area contributed by atoms with E-state index in [9.17, 15) is 0 Å². The largest absolute Gasteiger partial charge is 0.290 e. The van der Waals surface area contributed by atoms with Crippen LogP contribution in [0.3, 0.4) is 0 Å². The van der Waals surface area contributed by atoms with E-state index in [0.717, 1.165) is 17.0 Å². The summed E-state index contributed by atoms with van der Waals surface area (Å²) in [7, 11) is 0. The van der Waals surface area contributed by atoms with E-state index in [1.54, 1.807) is 0 Å². The molecule has 1 nitrogen and oxygen atoms in total. The third kappa shape index (κ3) is 2.40. The molecule has 1 saturated heterocycles. The van der Waals surface area contributed by atoms with Gasteiger partial charge in [0.2, 0.25) is 0 Å². The van der Waals surface area contributed by atoms with Gasteiger partial charge in [-0.05, 0) is 55.2 Å². The van der Waals surface area contributed by atoms with E-state index in [1.165, 1.54) is 24.0 Å². The molecule has 3 rings (SSSR count). The molecule has 0 N–H and O–H groups in total. The summed E-state index contributed by atoms with van der Waals surface area (Å²) in [6.07, 6.45) is 2.75. The second-order valence-corrected chi connectivity index (χ2v) is 8.24. The molecule has 0 spiro atoms. The van der Waals surface area contributed by atoms with Gasteiger partial charge in [0.1, 0.15) is 0 Å². The highest BCUT2D eigenvalue weighted by Crippen LogP contribution is 2.55. The molecule has 0 radical (unpaired) electrons. The molecule has 1 aliphatic heterocycles. The Morgan fingerprint density at radius 3 is 2.55 bits per heavy atom. The SMILES string of the molecule is Cc1ccc(C(C)N2[C@H](C(C)(C)C)C[C@@H]3C[C@@H]32)c(Cl)c1. The fourth-order valence-corrected chi connectivity index (χ4v) is 4.37. The molecule has 110 valence electrons. The predicted molar refractivity (Wildman–Crippen MR) is 86.2 cm³/mol. The Hall–Kier alpha value is -0.530. The average Bonchev–Trinajstić information content (AvgIpc) is 2.98. The third-order valence-electron chi connectivity index (χ3n) is 5.21. The number of fused-ring (bicyclic) bond motifs is 1. The lowest BCUT2D eigenvalue weighted by molar-refractivity contribution is 0.0797. The molecule has 1 unspecified atom stereocenters. The first-order valence-corrected chi connectivity index (χ1v) is 8.20. The Morgan fingerprint density at radius 2 is 1.95 bits per heavy atom. The van der Waals surface area contributed by atoms with Crippen LogP contribution in [0.25, 0.3) is 0 Å². The van der Waals surface area contributed by atoms with Crippen LogP contribution in [0.2, 0.25) is 5.02 Å². The van der Waals surface area contributed by atoms with E-state index in [0.29, 0.717) is 17.5 Å². The van der Waals surface area contributed by atoms with Crippen molar-refractivity contribution in [1.29, 1.82) is 0 Å². The number of piperidine rings is 1. The van der Waals surface area contributed by atoms with Gasteiger partial charge < -0.3 is 0 Å². The molecule has 2 aliphatic rings. The Labute approximate surface area is 128 Å². The van der Waals surface area contributed by atoms with Gasteiger partial charge in [-0.25, -0.2) is 0 Å². The predicted octanol–water partition coefficient (Wildman–Crippen LogP) is 5.22. The molecule has 0 aromatic heterocycles. The van der Waals surface area contributed by atoms with Gasteiger partial charge in [0.25, 0.3) is 0 Å². The van der Waals surface area contributed by atoms with Crippen molar-refractivity contribution in [2.75, 3.05) is 0 Å². The second kappa shape index (κ2) is 4.74. The van der Waals surface area contributed by atoms with E-state index < -0.39 is 0 Å². The Balaban J connectivity index is 1.90. The van der Waals surface area contributed by atoms with Gasteiger partial charge in [0.15, 0.2) is 0 Å². The average molecular weight is 292 g/mol. The molecule has 20 heavy (non-hydrogen) atoms. The van der Waals surface area contributed by atoms with Crippen molar-refractivity contribution in [3.05, 3.63) is 34.3 Å².